The van der Waals surface area contributed by atoms with E-state index < -0.39 is 5.91 Å². The number of H-pyrrole nitrogens is 1. The van der Waals surface area contributed by atoms with Crippen LogP contribution in [0.5, 0.6) is 5.75 Å². The second-order valence-corrected chi connectivity index (χ2v) is 5.75. The fourth-order valence-corrected chi connectivity index (χ4v) is 2.64. The predicted octanol–water partition coefficient (Wildman–Crippen LogP) is 3.46. The lowest BCUT2D eigenvalue weighted by molar-refractivity contribution is 0.0996. The summed E-state index contributed by atoms with van der Waals surface area (Å²) in [5.41, 5.74) is 7.08. The Morgan fingerprint density at radius 3 is 2.71 bits per heavy atom. The molecular weight excluding hydrogens is 351 g/mol. The molecule has 24 heavy (non-hydrogen) atoms. The van der Waals surface area contributed by atoms with Crippen LogP contribution in [0.2, 0.25) is 10.0 Å². The molecule has 3 N–H and O–H groups in total. The first-order valence-corrected chi connectivity index (χ1v) is 7.68. The van der Waals surface area contributed by atoms with E-state index in [-0.39, 0.29) is 12.3 Å². The Balaban J connectivity index is 1.90. The van der Waals surface area contributed by atoms with Gasteiger partial charge < -0.3 is 10.5 Å². The van der Waals surface area contributed by atoms with E-state index >= 15 is 0 Å². The number of rotatable bonds is 5. The van der Waals surface area contributed by atoms with Gasteiger partial charge in [-0.15, -0.1) is 0 Å². The standard InChI is InChI=1S/C16H12Cl2N4O2/c17-10-6-5-9(12(18)7-10)8-24-13-4-2-1-3-11(13)14-15(16(19)23)21-22-20-14/h1-7H,8H2,(H2,19,23)(H,20,21,22). The summed E-state index contributed by atoms with van der Waals surface area (Å²) < 4.78 is 5.84. The molecule has 0 spiro atoms. The molecule has 0 fully saturated rings. The maximum Gasteiger partial charge on any atom is 0.271 e. The third-order valence-corrected chi connectivity index (χ3v) is 3.91. The molecule has 0 aliphatic heterocycles. The van der Waals surface area contributed by atoms with Gasteiger partial charge in [0, 0.05) is 21.2 Å². The van der Waals surface area contributed by atoms with Gasteiger partial charge in [0.25, 0.3) is 5.91 Å². The Kier molecular flexibility index (Phi) is 4.69. The molecule has 0 bridgehead atoms. The topological polar surface area (TPSA) is 93.9 Å². The lowest BCUT2D eigenvalue weighted by Crippen LogP contribution is -2.13. The van der Waals surface area contributed by atoms with Crippen molar-refractivity contribution in [2.24, 2.45) is 5.73 Å². The number of nitrogens with one attached hydrogen (secondary N) is 1. The molecule has 1 aromatic heterocycles. The third kappa shape index (κ3) is 3.34. The van der Waals surface area contributed by atoms with Crippen molar-refractivity contribution >= 4 is 29.1 Å². The number of nitrogens with two attached hydrogens (primary N) is 1. The van der Waals surface area contributed by atoms with Gasteiger partial charge in [-0.3, -0.25) is 4.79 Å². The van der Waals surface area contributed by atoms with Crippen molar-refractivity contribution in [3.8, 4) is 17.0 Å². The number of benzene rings is 2. The van der Waals surface area contributed by atoms with E-state index in [4.69, 9.17) is 33.7 Å². The molecule has 1 amide bonds. The Hall–Kier alpha value is -2.57. The average molecular weight is 363 g/mol. The first-order chi connectivity index (χ1) is 11.6. The molecule has 0 radical (unpaired) electrons. The Bertz CT molecular complexity index is 895. The summed E-state index contributed by atoms with van der Waals surface area (Å²) in [6, 6.07) is 12.3. The molecule has 1 heterocycles. The fraction of sp³-hybridized carbons (Fsp3) is 0.0625. The normalized spacial score (nSPS) is 10.6. The van der Waals surface area contributed by atoms with E-state index in [9.17, 15) is 4.79 Å². The van der Waals surface area contributed by atoms with Gasteiger partial charge in [-0.25, -0.2) is 0 Å². The van der Waals surface area contributed by atoms with Gasteiger partial charge in [0.05, 0.1) is 0 Å². The highest BCUT2D eigenvalue weighted by molar-refractivity contribution is 6.35. The van der Waals surface area contributed by atoms with Gasteiger partial charge in [-0.05, 0) is 24.3 Å². The van der Waals surface area contributed by atoms with Crippen LogP contribution in [0.3, 0.4) is 0 Å². The van der Waals surface area contributed by atoms with Crippen LogP contribution in [0, 0.1) is 0 Å². The molecule has 0 atom stereocenters. The van der Waals surface area contributed by atoms with Gasteiger partial charge in [-0.2, -0.15) is 15.4 Å². The van der Waals surface area contributed by atoms with E-state index in [1.165, 1.54) is 0 Å². The summed E-state index contributed by atoms with van der Waals surface area (Å²) in [5.74, 6) is -0.144. The molecular formula is C16H12Cl2N4O2. The van der Waals surface area contributed by atoms with E-state index in [2.05, 4.69) is 15.4 Å². The molecule has 0 saturated carbocycles. The van der Waals surface area contributed by atoms with Crippen LogP contribution < -0.4 is 10.5 Å². The minimum absolute atomic E-state index is 0.0515. The zero-order chi connectivity index (χ0) is 17.1. The number of carbonyl (C=O) groups is 1. The quantitative estimate of drug-likeness (QED) is 0.726. The monoisotopic (exact) mass is 362 g/mol. The maximum atomic E-state index is 11.5. The zero-order valence-electron chi connectivity index (χ0n) is 12.3. The van der Waals surface area contributed by atoms with E-state index in [0.717, 1.165) is 5.56 Å². The van der Waals surface area contributed by atoms with E-state index in [1.54, 1.807) is 36.4 Å². The van der Waals surface area contributed by atoms with Crippen molar-refractivity contribution in [2.45, 2.75) is 6.61 Å². The van der Waals surface area contributed by atoms with Gasteiger partial charge in [0.1, 0.15) is 18.1 Å². The highest BCUT2D eigenvalue weighted by Gasteiger charge is 2.18. The largest absolute Gasteiger partial charge is 0.488 e. The summed E-state index contributed by atoms with van der Waals surface area (Å²) in [5, 5.41) is 11.2. The second-order valence-electron chi connectivity index (χ2n) is 4.91. The second kappa shape index (κ2) is 6.90. The van der Waals surface area contributed by atoms with Gasteiger partial charge in [-0.1, -0.05) is 41.4 Å². The molecule has 0 saturated heterocycles. The van der Waals surface area contributed by atoms with Crippen molar-refractivity contribution in [3.63, 3.8) is 0 Å². The molecule has 3 aromatic rings. The Morgan fingerprint density at radius 1 is 1.17 bits per heavy atom. The van der Waals surface area contributed by atoms with Crippen LogP contribution in [0.1, 0.15) is 16.1 Å². The van der Waals surface area contributed by atoms with Crippen molar-refractivity contribution in [1.82, 2.24) is 15.4 Å². The molecule has 2 aromatic carbocycles. The van der Waals surface area contributed by atoms with Crippen molar-refractivity contribution in [3.05, 3.63) is 63.8 Å². The number of ether oxygens (including phenoxy) is 1. The Morgan fingerprint density at radius 2 is 1.96 bits per heavy atom. The summed E-state index contributed by atoms with van der Waals surface area (Å²) in [4.78, 5) is 11.5. The van der Waals surface area contributed by atoms with Crippen LogP contribution in [0.15, 0.2) is 42.5 Å². The molecule has 3 rings (SSSR count). The molecule has 0 aliphatic rings. The highest BCUT2D eigenvalue weighted by atomic mass is 35.5. The Labute approximate surface area is 147 Å². The molecule has 8 heteroatoms. The number of nitrogens with zero attached hydrogens (tertiary/aromatic N) is 2. The fourth-order valence-electron chi connectivity index (χ4n) is 2.17. The number of aromatic amines is 1. The first-order valence-electron chi connectivity index (χ1n) is 6.93. The number of hydrogen-bond donors (Lipinski definition) is 2. The smallest absolute Gasteiger partial charge is 0.271 e. The van der Waals surface area contributed by atoms with Crippen molar-refractivity contribution in [2.75, 3.05) is 0 Å². The number of hydrogen-bond acceptors (Lipinski definition) is 4. The van der Waals surface area contributed by atoms with Crippen LogP contribution in [0.4, 0.5) is 0 Å². The van der Waals surface area contributed by atoms with Crippen LogP contribution in [-0.2, 0) is 6.61 Å². The van der Waals surface area contributed by atoms with Crippen molar-refractivity contribution < 1.29 is 9.53 Å². The van der Waals surface area contributed by atoms with Crippen LogP contribution >= 0.6 is 23.2 Å². The summed E-state index contributed by atoms with van der Waals surface area (Å²) in [7, 11) is 0. The van der Waals surface area contributed by atoms with Crippen LogP contribution in [-0.4, -0.2) is 21.3 Å². The zero-order valence-corrected chi connectivity index (χ0v) is 13.8. The van der Waals surface area contributed by atoms with E-state index in [0.29, 0.717) is 27.1 Å². The lowest BCUT2D eigenvalue weighted by atomic mass is 10.1. The molecule has 6 nitrogen and oxygen atoms in total. The highest BCUT2D eigenvalue weighted by Crippen LogP contribution is 2.31. The minimum Gasteiger partial charge on any atom is -0.488 e. The van der Waals surface area contributed by atoms with E-state index in [1.807, 2.05) is 6.07 Å². The summed E-state index contributed by atoms with van der Waals surface area (Å²) in [6.45, 7) is 0.233. The minimum atomic E-state index is -0.672. The lowest BCUT2D eigenvalue weighted by Gasteiger charge is -2.11. The maximum absolute atomic E-state index is 11.5. The number of carbonyl (C=O) groups excluding carboxylic acids is 1. The third-order valence-electron chi connectivity index (χ3n) is 3.32. The molecule has 0 aliphatic carbocycles. The first kappa shape index (κ1) is 16.3. The predicted molar refractivity (Wildman–Crippen MR) is 91.1 cm³/mol. The SMILES string of the molecule is NC(=O)c1n[nH]nc1-c1ccccc1OCc1ccc(Cl)cc1Cl. The van der Waals surface area contributed by atoms with Crippen LogP contribution in [0.25, 0.3) is 11.3 Å². The number of halogens is 2. The van der Waals surface area contributed by atoms with Gasteiger partial charge in [0.15, 0.2) is 5.69 Å². The number of amides is 1. The summed E-state index contributed by atoms with van der Waals surface area (Å²) in [6.07, 6.45) is 0. The van der Waals surface area contributed by atoms with Gasteiger partial charge in [0.2, 0.25) is 0 Å². The summed E-state index contributed by atoms with van der Waals surface area (Å²) >= 11 is 12.0. The average Bonchev–Trinajstić information content (AvgIpc) is 3.04. The number of aromatic nitrogens is 3. The molecule has 0 unspecified atom stereocenters. The molecule has 122 valence electrons. The van der Waals surface area contributed by atoms with Gasteiger partial charge >= 0.3 is 0 Å². The number of para-hydroxylation sites is 1. The van der Waals surface area contributed by atoms with Crippen molar-refractivity contribution in [1.29, 1.82) is 0 Å². The number of primary amides is 1.